The smallest absolute Gasteiger partial charge is 0.252 e. The first kappa shape index (κ1) is 17.5. The van der Waals surface area contributed by atoms with E-state index in [1.165, 1.54) is 25.7 Å². The first-order valence-corrected chi connectivity index (χ1v) is 8.45. The molecule has 0 radical (unpaired) electrons. The summed E-state index contributed by atoms with van der Waals surface area (Å²) in [5.74, 6) is -0.0713. The fraction of sp³-hybridized carbons (Fsp3) is 0.556. The van der Waals surface area contributed by atoms with Gasteiger partial charge in [0.25, 0.3) is 5.91 Å². The Hall–Kier alpha value is -1.88. The lowest BCUT2D eigenvalue weighted by molar-refractivity contribution is 0.0950. The molecule has 1 aliphatic carbocycles. The molecule has 5 nitrogen and oxygen atoms in total. The molecule has 2 rings (SSSR count). The highest BCUT2D eigenvalue weighted by Crippen LogP contribution is 2.20. The van der Waals surface area contributed by atoms with Crippen LogP contribution in [-0.4, -0.2) is 49.5 Å². The van der Waals surface area contributed by atoms with Gasteiger partial charge in [0.1, 0.15) is 0 Å². The van der Waals surface area contributed by atoms with E-state index in [2.05, 4.69) is 21.7 Å². The van der Waals surface area contributed by atoms with E-state index >= 15 is 0 Å². The molecule has 1 aromatic rings. The van der Waals surface area contributed by atoms with Crippen LogP contribution in [0, 0.1) is 0 Å². The van der Waals surface area contributed by atoms with Crippen LogP contribution in [0.2, 0.25) is 0 Å². The third-order valence-electron chi connectivity index (χ3n) is 4.01. The Labute approximate surface area is 139 Å². The molecule has 1 heterocycles. The number of carbonyl (C=O) groups is 1. The van der Waals surface area contributed by atoms with Gasteiger partial charge in [-0.2, -0.15) is 0 Å². The highest BCUT2D eigenvalue weighted by atomic mass is 16.1. The molecule has 23 heavy (non-hydrogen) atoms. The molecule has 0 aromatic carbocycles. The van der Waals surface area contributed by atoms with Crippen LogP contribution in [0.15, 0.2) is 30.1 Å². The number of anilines is 1. The number of pyridine rings is 1. The molecule has 2 N–H and O–H groups in total. The number of nitrogens with zero attached hydrogens (tertiary/aromatic N) is 2. The van der Waals surface area contributed by atoms with E-state index < -0.39 is 0 Å². The number of amides is 1. The van der Waals surface area contributed by atoms with Gasteiger partial charge >= 0.3 is 0 Å². The van der Waals surface area contributed by atoms with Crippen molar-refractivity contribution in [2.75, 3.05) is 39.0 Å². The minimum atomic E-state index is -0.0713. The predicted octanol–water partition coefficient (Wildman–Crippen LogP) is 2.68. The Balaban J connectivity index is 1.79. The summed E-state index contributed by atoms with van der Waals surface area (Å²) < 4.78 is 0. The summed E-state index contributed by atoms with van der Waals surface area (Å²) in [6.45, 7) is 2.35. The zero-order chi connectivity index (χ0) is 16.5. The molecule has 0 atom stereocenters. The lowest BCUT2D eigenvalue weighted by atomic mass is 9.97. The van der Waals surface area contributed by atoms with E-state index in [1.54, 1.807) is 18.0 Å². The van der Waals surface area contributed by atoms with Crippen molar-refractivity contribution in [3.05, 3.63) is 35.7 Å². The average Bonchev–Trinajstić information content (AvgIpc) is 2.56. The van der Waals surface area contributed by atoms with E-state index in [0.717, 1.165) is 25.2 Å². The molecule has 5 heteroatoms. The zero-order valence-corrected chi connectivity index (χ0v) is 14.3. The molecule has 0 unspecified atom stereocenters. The predicted molar refractivity (Wildman–Crippen MR) is 94.8 cm³/mol. The SMILES string of the molecule is CN(C)CCNC(=O)c1cncc(NCCC2=CCCCC2)c1. The van der Waals surface area contributed by atoms with Gasteiger partial charge in [0.15, 0.2) is 0 Å². The van der Waals surface area contributed by atoms with Crippen LogP contribution < -0.4 is 10.6 Å². The summed E-state index contributed by atoms with van der Waals surface area (Å²) in [5.41, 5.74) is 3.06. The average molecular weight is 316 g/mol. The largest absolute Gasteiger partial charge is 0.383 e. The molecular weight excluding hydrogens is 288 g/mol. The summed E-state index contributed by atoms with van der Waals surface area (Å²) >= 11 is 0. The molecule has 0 fully saturated rings. The summed E-state index contributed by atoms with van der Waals surface area (Å²) in [7, 11) is 3.97. The second-order valence-corrected chi connectivity index (χ2v) is 6.31. The van der Waals surface area contributed by atoms with Crippen molar-refractivity contribution in [2.24, 2.45) is 0 Å². The van der Waals surface area contributed by atoms with Crippen molar-refractivity contribution in [3.8, 4) is 0 Å². The van der Waals surface area contributed by atoms with Crippen LogP contribution in [0.1, 0.15) is 42.5 Å². The van der Waals surface area contributed by atoms with Crippen LogP contribution in [0.5, 0.6) is 0 Å². The number of allylic oxidation sites excluding steroid dienone is 1. The monoisotopic (exact) mass is 316 g/mol. The van der Waals surface area contributed by atoms with Crippen LogP contribution in [0.3, 0.4) is 0 Å². The zero-order valence-electron chi connectivity index (χ0n) is 14.3. The van der Waals surface area contributed by atoms with Gasteiger partial charge in [-0.1, -0.05) is 11.6 Å². The van der Waals surface area contributed by atoms with E-state index in [9.17, 15) is 4.79 Å². The maximum atomic E-state index is 12.1. The maximum absolute atomic E-state index is 12.1. The molecule has 0 saturated carbocycles. The van der Waals surface area contributed by atoms with Crippen LogP contribution in [-0.2, 0) is 0 Å². The van der Waals surface area contributed by atoms with E-state index in [-0.39, 0.29) is 5.91 Å². The highest BCUT2D eigenvalue weighted by molar-refractivity contribution is 5.94. The molecular formula is C18H28N4O. The van der Waals surface area contributed by atoms with Gasteiger partial charge in [-0.25, -0.2) is 0 Å². The minimum absolute atomic E-state index is 0.0713. The summed E-state index contributed by atoms with van der Waals surface area (Å²) in [4.78, 5) is 18.3. The Kier molecular flexibility index (Phi) is 7.07. The van der Waals surface area contributed by atoms with E-state index in [1.807, 2.05) is 25.1 Å². The highest BCUT2D eigenvalue weighted by Gasteiger charge is 2.07. The number of hydrogen-bond acceptors (Lipinski definition) is 4. The minimum Gasteiger partial charge on any atom is -0.383 e. The Bertz CT molecular complexity index is 540. The summed E-state index contributed by atoms with van der Waals surface area (Å²) in [6, 6.07) is 1.87. The number of nitrogens with one attached hydrogen (secondary N) is 2. The van der Waals surface area contributed by atoms with Crippen molar-refractivity contribution in [2.45, 2.75) is 32.1 Å². The first-order chi connectivity index (χ1) is 11.1. The Morgan fingerprint density at radius 1 is 1.26 bits per heavy atom. The molecule has 1 aromatic heterocycles. The van der Waals surface area contributed by atoms with Gasteiger partial charge in [-0.3, -0.25) is 9.78 Å². The summed E-state index contributed by atoms with van der Waals surface area (Å²) in [6.07, 6.45) is 11.9. The Morgan fingerprint density at radius 2 is 2.13 bits per heavy atom. The molecule has 1 aliphatic rings. The number of carbonyl (C=O) groups excluding carboxylic acids is 1. The lowest BCUT2D eigenvalue weighted by Crippen LogP contribution is -2.31. The van der Waals surface area contributed by atoms with Crippen molar-refractivity contribution >= 4 is 11.6 Å². The van der Waals surface area contributed by atoms with Gasteiger partial charge in [-0.15, -0.1) is 0 Å². The molecule has 0 saturated heterocycles. The molecule has 126 valence electrons. The van der Waals surface area contributed by atoms with E-state index in [0.29, 0.717) is 12.1 Å². The van der Waals surface area contributed by atoms with Crippen molar-refractivity contribution in [3.63, 3.8) is 0 Å². The topological polar surface area (TPSA) is 57.3 Å². The Morgan fingerprint density at radius 3 is 2.87 bits per heavy atom. The molecule has 0 aliphatic heterocycles. The van der Waals surface area contributed by atoms with E-state index in [4.69, 9.17) is 0 Å². The standard InChI is InChI=1S/C18H28N4O/c1-22(2)11-10-21-18(23)16-12-17(14-19-13-16)20-9-8-15-6-4-3-5-7-15/h6,12-14,20H,3-5,7-11H2,1-2H3,(H,21,23). The summed E-state index contributed by atoms with van der Waals surface area (Å²) in [5, 5.41) is 6.28. The van der Waals surface area contributed by atoms with Gasteiger partial charge in [0.05, 0.1) is 11.3 Å². The van der Waals surface area contributed by atoms with Crippen molar-refractivity contribution < 1.29 is 4.79 Å². The number of aromatic nitrogens is 1. The second kappa shape index (κ2) is 9.30. The van der Waals surface area contributed by atoms with Gasteiger partial charge in [0.2, 0.25) is 0 Å². The number of rotatable bonds is 8. The number of likely N-dealkylation sites (N-methyl/N-ethyl adjacent to an activating group) is 1. The quantitative estimate of drug-likeness (QED) is 0.724. The van der Waals surface area contributed by atoms with Gasteiger partial charge in [0, 0.05) is 32.0 Å². The van der Waals surface area contributed by atoms with Crippen LogP contribution >= 0.6 is 0 Å². The second-order valence-electron chi connectivity index (χ2n) is 6.31. The van der Waals surface area contributed by atoms with Crippen molar-refractivity contribution in [1.29, 1.82) is 0 Å². The third-order valence-corrected chi connectivity index (χ3v) is 4.01. The molecule has 0 bridgehead atoms. The maximum Gasteiger partial charge on any atom is 0.252 e. The number of hydrogen-bond donors (Lipinski definition) is 2. The fourth-order valence-electron chi connectivity index (χ4n) is 2.65. The molecule has 1 amide bonds. The normalized spacial score (nSPS) is 14.5. The van der Waals surface area contributed by atoms with Crippen LogP contribution in [0.4, 0.5) is 5.69 Å². The third kappa shape index (κ3) is 6.40. The first-order valence-electron chi connectivity index (χ1n) is 8.45. The fourth-order valence-corrected chi connectivity index (χ4v) is 2.65. The lowest BCUT2D eigenvalue weighted by Gasteiger charge is -2.14. The van der Waals surface area contributed by atoms with Gasteiger partial charge < -0.3 is 15.5 Å². The van der Waals surface area contributed by atoms with Crippen LogP contribution in [0.25, 0.3) is 0 Å². The van der Waals surface area contributed by atoms with Gasteiger partial charge in [-0.05, 0) is 52.3 Å². The van der Waals surface area contributed by atoms with Crippen molar-refractivity contribution in [1.82, 2.24) is 15.2 Å². The molecule has 0 spiro atoms.